The van der Waals surface area contributed by atoms with Gasteiger partial charge in [0.05, 0.1) is 6.54 Å². The van der Waals surface area contributed by atoms with Crippen LogP contribution >= 0.6 is 12.4 Å². The second kappa shape index (κ2) is 7.70. The Morgan fingerprint density at radius 3 is 2.32 bits per heavy atom. The summed E-state index contributed by atoms with van der Waals surface area (Å²) >= 11 is 0. The number of nitrogens with two attached hydrogens (primary N) is 1. The molecule has 2 atom stereocenters. The van der Waals surface area contributed by atoms with Crippen LogP contribution in [0.1, 0.15) is 46.5 Å². The molecule has 0 unspecified atom stereocenters. The predicted molar refractivity (Wildman–Crippen MR) is 78.1 cm³/mol. The van der Waals surface area contributed by atoms with E-state index < -0.39 is 0 Å². The minimum absolute atomic E-state index is 0. The summed E-state index contributed by atoms with van der Waals surface area (Å²) < 4.78 is 0. The third-order valence-corrected chi connectivity index (χ3v) is 3.13. The molecule has 1 aliphatic rings. The Hall–Kier alpha value is -0.810. The fraction of sp³-hybridized carbons (Fsp3) is 0.846. The molecule has 1 aliphatic carbocycles. The van der Waals surface area contributed by atoms with E-state index in [1.807, 2.05) is 20.8 Å². The van der Waals surface area contributed by atoms with Gasteiger partial charge in [0.1, 0.15) is 0 Å². The van der Waals surface area contributed by atoms with E-state index in [-0.39, 0.29) is 48.3 Å². The summed E-state index contributed by atoms with van der Waals surface area (Å²) in [6.07, 6.45) is 3.55. The van der Waals surface area contributed by atoms with Crippen molar-refractivity contribution in [3.05, 3.63) is 0 Å². The number of carbonyl (C=O) groups excluding carboxylic acids is 2. The molecule has 6 heteroatoms. The van der Waals surface area contributed by atoms with Gasteiger partial charge in [0.15, 0.2) is 0 Å². The number of amides is 2. The minimum Gasteiger partial charge on any atom is -0.350 e. The van der Waals surface area contributed by atoms with E-state index in [4.69, 9.17) is 5.73 Å². The van der Waals surface area contributed by atoms with E-state index in [2.05, 4.69) is 10.6 Å². The fourth-order valence-corrected chi connectivity index (χ4v) is 2.27. The van der Waals surface area contributed by atoms with Gasteiger partial charge in [0, 0.05) is 18.0 Å². The van der Waals surface area contributed by atoms with Crippen LogP contribution in [0.5, 0.6) is 0 Å². The molecule has 0 aromatic rings. The molecule has 0 bridgehead atoms. The van der Waals surface area contributed by atoms with E-state index in [0.717, 1.165) is 19.3 Å². The third-order valence-electron chi connectivity index (χ3n) is 3.13. The van der Waals surface area contributed by atoms with Gasteiger partial charge in [-0.15, -0.1) is 12.4 Å². The number of carbonyl (C=O) groups is 2. The van der Waals surface area contributed by atoms with Gasteiger partial charge in [-0.05, 0) is 39.5 Å². The zero-order chi connectivity index (χ0) is 13.8. The van der Waals surface area contributed by atoms with Gasteiger partial charge in [0.2, 0.25) is 11.8 Å². The van der Waals surface area contributed by atoms with Crippen molar-refractivity contribution in [3.63, 3.8) is 0 Å². The zero-order valence-electron chi connectivity index (χ0n) is 12.0. The lowest BCUT2D eigenvalue weighted by atomic mass is 10.00. The Morgan fingerprint density at radius 1 is 1.21 bits per heavy atom. The van der Waals surface area contributed by atoms with Crippen molar-refractivity contribution < 1.29 is 9.59 Å². The van der Waals surface area contributed by atoms with Crippen molar-refractivity contribution in [3.8, 4) is 0 Å². The number of halogens is 1. The second-order valence-corrected chi connectivity index (χ2v) is 6.13. The summed E-state index contributed by atoms with van der Waals surface area (Å²) in [7, 11) is 0. The molecule has 112 valence electrons. The summed E-state index contributed by atoms with van der Waals surface area (Å²) in [5.41, 5.74) is 5.64. The molecule has 0 radical (unpaired) electrons. The van der Waals surface area contributed by atoms with Gasteiger partial charge in [-0.25, -0.2) is 0 Å². The van der Waals surface area contributed by atoms with Crippen LogP contribution in [0.2, 0.25) is 0 Å². The van der Waals surface area contributed by atoms with Crippen LogP contribution in [0.25, 0.3) is 0 Å². The normalized spacial score (nSPS) is 22.5. The summed E-state index contributed by atoms with van der Waals surface area (Å²) in [5.74, 6) is 0.0312. The third kappa shape index (κ3) is 7.38. The Balaban J connectivity index is 0.00000324. The second-order valence-electron chi connectivity index (χ2n) is 6.13. The SMILES string of the molecule is CC(C)(C)NC(=O)CNC(=O)C[C@@H]1CCC[C@H]1N.Cl. The molecule has 2 amide bonds. The standard InChI is InChI=1S/C13H25N3O2.ClH/c1-13(2,3)16-12(18)8-15-11(17)7-9-5-4-6-10(9)14;/h9-10H,4-8,14H2,1-3H3,(H,15,17)(H,16,18);1H/t9-,10+;/m0./s1. The first kappa shape index (κ1) is 18.2. The first-order valence-electron chi connectivity index (χ1n) is 6.61. The van der Waals surface area contributed by atoms with Crippen LogP contribution in [0.3, 0.4) is 0 Å². The maximum Gasteiger partial charge on any atom is 0.239 e. The van der Waals surface area contributed by atoms with E-state index >= 15 is 0 Å². The number of nitrogens with one attached hydrogen (secondary N) is 2. The van der Waals surface area contributed by atoms with Crippen molar-refractivity contribution in [2.45, 2.75) is 58.0 Å². The quantitative estimate of drug-likeness (QED) is 0.721. The van der Waals surface area contributed by atoms with Gasteiger partial charge >= 0.3 is 0 Å². The van der Waals surface area contributed by atoms with Crippen molar-refractivity contribution in [1.29, 1.82) is 0 Å². The highest BCUT2D eigenvalue weighted by molar-refractivity contribution is 5.85. The molecule has 0 aliphatic heterocycles. The highest BCUT2D eigenvalue weighted by Crippen LogP contribution is 2.26. The number of rotatable bonds is 4. The van der Waals surface area contributed by atoms with Crippen LogP contribution in [-0.2, 0) is 9.59 Å². The van der Waals surface area contributed by atoms with E-state index in [0.29, 0.717) is 6.42 Å². The van der Waals surface area contributed by atoms with Crippen LogP contribution in [0.15, 0.2) is 0 Å². The molecule has 1 saturated carbocycles. The number of hydrogen-bond acceptors (Lipinski definition) is 3. The van der Waals surface area contributed by atoms with E-state index in [1.165, 1.54) is 0 Å². The lowest BCUT2D eigenvalue weighted by molar-refractivity contribution is -0.127. The van der Waals surface area contributed by atoms with Gasteiger partial charge in [-0.1, -0.05) is 6.42 Å². The van der Waals surface area contributed by atoms with Gasteiger partial charge in [0.25, 0.3) is 0 Å². The molecule has 0 aromatic carbocycles. The van der Waals surface area contributed by atoms with Crippen LogP contribution in [0, 0.1) is 5.92 Å². The van der Waals surface area contributed by atoms with E-state index in [1.54, 1.807) is 0 Å². The van der Waals surface area contributed by atoms with Gasteiger partial charge in [-0.3, -0.25) is 9.59 Å². The summed E-state index contributed by atoms with van der Waals surface area (Å²) in [6, 6.07) is 0.138. The first-order valence-corrected chi connectivity index (χ1v) is 6.61. The molecule has 0 saturated heterocycles. The van der Waals surface area contributed by atoms with Crippen molar-refractivity contribution in [2.24, 2.45) is 11.7 Å². The van der Waals surface area contributed by atoms with Crippen LogP contribution < -0.4 is 16.4 Å². The highest BCUT2D eigenvalue weighted by atomic mass is 35.5. The molecule has 0 heterocycles. The lowest BCUT2D eigenvalue weighted by Gasteiger charge is -2.21. The Morgan fingerprint density at radius 2 is 1.84 bits per heavy atom. The van der Waals surface area contributed by atoms with Crippen molar-refractivity contribution >= 4 is 24.2 Å². The zero-order valence-corrected chi connectivity index (χ0v) is 12.8. The average Bonchev–Trinajstić information content (AvgIpc) is 2.59. The smallest absolute Gasteiger partial charge is 0.239 e. The molecule has 4 N–H and O–H groups in total. The van der Waals surface area contributed by atoms with Crippen molar-refractivity contribution in [1.82, 2.24) is 10.6 Å². The summed E-state index contributed by atoms with van der Waals surface area (Å²) in [5, 5.41) is 5.44. The Kier molecular flexibility index (Phi) is 7.37. The lowest BCUT2D eigenvalue weighted by Crippen LogP contribution is -2.46. The van der Waals surface area contributed by atoms with Gasteiger partial charge < -0.3 is 16.4 Å². The molecule has 5 nitrogen and oxygen atoms in total. The minimum atomic E-state index is -0.268. The Labute approximate surface area is 121 Å². The Bertz CT molecular complexity index is 316. The summed E-state index contributed by atoms with van der Waals surface area (Å²) in [4.78, 5) is 23.2. The van der Waals surface area contributed by atoms with Crippen LogP contribution in [0.4, 0.5) is 0 Å². The van der Waals surface area contributed by atoms with E-state index in [9.17, 15) is 9.59 Å². The fourth-order valence-electron chi connectivity index (χ4n) is 2.27. The monoisotopic (exact) mass is 291 g/mol. The highest BCUT2D eigenvalue weighted by Gasteiger charge is 2.26. The topological polar surface area (TPSA) is 84.2 Å². The largest absolute Gasteiger partial charge is 0.350 e. The maximum absolute atomic E-state index is 11.7. The van der Waals surface area contributed by atoms with Gasteiger partial charge in [-0.2, -0.15) is 0 Å². The summed E-state index contributed by atoms with van der Waals surface area (Å²) in [6.45, 7) is 5.76. The first-order chi connectivity index (χ1) is 8.28. The van der Waals surface area contributed by atoms with Crippen molar-refractivity contribution in [2.75, 3.05) is 6.54 Å². The molecular weight excluding hydrogens is 266 g/mol. The molecule has 1 fully saturated rings. The maximum atomic E-state index is 11.7. The predicted octanol–water partition coefficient (Wildman–Crippen LogP) is 0.957. The average molecular weight is 292 g/mol. The molecular formula is C13H26ClN3O2. The molecule has 1 rings (SSSR count). The molecule has 0 aromatic heterocycles. The molecule has 19 heavy (non-hydrogen) atoms. The number of hydrogen-bond donors (Lipinski definition) is 3. The van der Waals surface area contributed by atoms with Crippen LogP contribution in [-0.4, -0.2) is 29.9 Å². The molecule has 0 spiro atoms.